The summed E-state index contributed by atoms with van der Waals surface area (Å²) in [4.78, 5) is 23.9. The van der Waals surface area contributed by atoms with Crippen LogP contribution in [0.3, 0.4) is 0 Å². The summed E-state index contributed by atoms with van der Waals surface area (Å²) < 4.78 is 54.9. The molecule has 1 amide bonds. The van der Waals surface area contributed by atoms with Crippen LogP contribution in [-0.2, 0) is 25.6 Å². The minimum atomic E-state index is -5.28. The van der Waals surface area contributed by atoms with Gasteiger partial charge in [0.2, 0.25) is 0 Å². The van der Waals surface area contributed by atoms with Gasteiger partial charge in [0.15, 0.2) is 0 Å². The molecule has 1 aromatic rings. The van der Waals surface area contributed by atoms with Crippen LogP contribution in [0.25, 0.3) is 0 Å². The molecule has 32 heavy (non-hydrogen) atoms. The number of benzene rings is 1. The summed E-state index contributed by atoms with van der Waals surface area (Å²) in [5, 5.41) is 12.7. The zero-order valence-electron chi connectivity index (χ0n) is 19.0. The molecule has 1 unspecified atom stereocenters. The average Bonchev–Trinajstić information content (AvgIpc) is 2.63. The number of hydrogen-bond donors (Lipinski definition) is 2. The van der Waals surface area contributed by atoms with Crippen molar-refractivity contribution in [2.75, 3.05) is 13.2 Å². The molecular formula is C22H32F3NO6. The number of carbonyl (C=O) groups is 2. The van der Waals surface area contributed by atoms with Gasteiger partial charge in [0.1, 0.15) is 12.2 Å². The van der Waals surface area contributed by atoms with Crippen LogP contribution in [0.15, 0.2) is 30.3 Å². The van der Waals surface area contributed by atoms with E-state index >= 15 is 0 Å². The number of alkyl carbamates (subject to hydrolysis) is 1. The third-order valence-electron chi connectivity index (χ3n) is 4.26. The first-order valence-electron chi connectivity index (χ1n) is 10.1. The van der Waals surface area contributed by atoms with Crippen LogP contribution in [0, 0.1) is 0 Å². The van der Waals surface area contributed by atoms with Crippen molar-refractivity contribution < 1.29 is 42.1 Å². The molecule has 0 aromatic heterocycles. The summed E-state index contributed by atoms with van der Waals surface area (Å²) in [7, 11) is 0. The molecule has 0 fully saturated rings. The summed E-state index contributed by atoms with van der Waals surface area (Å²) in [6.45, 7) is 6.73. The van der Waals surface area contributed by atoms with Crippen LogP contribution >= 0.6 is 0 Å². The van der Waals surface area contributed by atoms with Crippen LogP contribution in [0.4, 0.5) is 18.0 Å². The number of nitrogens with one attached hydrogen (secondary N) is 1. The van der Waals surface area contributed by atoms with Gasteiger partial charge in [-0.3, -0.25) is 0 Å². The van der Waals surface area contributed by atoms with Gasteiger partial charge in [0.25, 0.3) is 5.60 Å². The highest BCUT2D eigenvalue weighted by Crippen LogP contribution is 2.32. The third-order valence-corrected chi connectivity index (χ3v) is 4.26. The van der Waals surface area contributed by atoms with Gasteiger partial charge >= 0.3 is 18.2 Å². The molecular weight excluding hydrogens is 431 g/mol. The minimum Gasteiger partial charge on any atom is -0.458 e. The zero-order valence-corrected chi connectivity index (χ0v) is 19.0. The second-order valence-corrected chi connectivity index (χ2v) is 9.09. The fraction of sp³-hybridized carbons (Fsp3) is 0.636. The number of halogens is 3. The van der Waals surface area contributed by atoms with Crippen molar-refractivity contribution in [1.29, 1.82) is 0 Å². The number of esters is 1. The first-order chi connectivity index (χ1) is 14.6. The molecule has 10 heteroatoms. The third kappa shape index (κ3) is 9.44. The lowest BCUT2D eigenvalue weighted by Crippen LogP contribution is -2.56. The van der Waals surface area contributed by atoms with Crippen molar-refractivity contribution in [1.82, 2.24) is 5.32 Å². The number of carbonyl (C=O) groups excluding carboxylic acids is 2. The summed E-state index contributed by atoms with van der Waals surface area (Å²) in [5.41, 5.74) is -4.68. The Morgan fingerprint density at radius 3 is 2.16 bits per heavy atom. The Morgan fingerprint density at radius 2 is 1.62 bits per heavy atom. The number of rotatable bonds is 10. The Kier molecular flexibility index (Phi) is 9.52. The Bertz CT molecular complexity index is 746. The second-order valence-electron chi connectivity index (χ2n) is 9.09. The molecule has 0 aliphatic heterocycles. The van der Waals surface area contributed by atoms with Gasteiger partial charge in [-0.05, 0) is 53.0 Å². The highest BCUT2D eigenvalue weighted by molar-refractivity contribution is 5.80. The Balaban J connectivity index is 2.54. The minimum absolute atomic E-state index is 0.177. The smallest absolute Gasteiger partial charge is 0.430 e. The predicted molar refractivity (Wildman–Crippen MR) is 111 cm³/mol. The van der Waals surface area contributed by atoms with Crippen LogP contribution in [0.2, 0.25) is 0 Å². The lowest BCUT2D eigenvalue weighted by atomic mass is 9.99. The van der Waals surface area contributed by atoms with Crippen molar-refractivity contribution in [3.05, 3.63) is 35.9 Å². The van der Waals surface area contributed by atoms with E-state index < -0.39 is 48.2 Å². The Labute approximate surface area is 186 Å². The maximum absolute atomic E-state index is 13.4. The van der Waals surface area contributed by atoms with E-state index in [0.717, 1.165) is 0 Å². The largest absolute Gasteiger partial charge is 0.458 e. The second kappa shape index (κ2) is 11.0. The number of alkyl halides is 3. The summed E-state index contributed by atoms with van der Waals surface area (Å²) in [6, 6.07) is 8.13. The number of amides is 1. The molecule has 0 spiro atoms. The van der Waals surface area contributed by atoms with Gasteiger partial charge in [-0.15, -0.1) is 0 Å². The van der Waals surface area contributed by atoms with Gasteiger partial charge < -0.3 is 24.6 Å². The molecule has 0 bridgehead atoms. The maximum Gasteiger partial charge on any atom is 0.430 e. The molecule has 1 rings (SSSR count). The van der Waals surface area contributed by atoms with E-state index in [1.54, 1.807) is 65.0 Å². The van der Waals surface area contributed by atoms with Crippen LogP contribution in [-0.4, -0.2) is 53.3 Å². The van der Waals surface area contributed by atoms with Crippen molar-refractivity contribution in [3.8, 4) is 0 Å². The Hall–Kier alpha value is -2.33. The normalized spacial score (nSPS) is 14.4. The van der Waals surface area contributed by atoms with E-state index in [4.69, 9.17) is 9.47 Å². The molecule has 1 atom stereocenters. The molecule has 0 aliphatic carbocycles. The van der Waals surface area contributed by atoms with E-state index in [1.165, 1.54) is 0 Å². The number of hydrogen-bond acceptors (Lipinski definition) is 6. The standard InChI is InChI=1S/C22H32F3NO6/c1-19(2,3)32-18(28)26-20(4,5)12-9-13-30-15-21(29,22(23,24)25)17(27)31-14-16-10-7-6-8-11-16/h6-8,10-11,29H,9,12-15H2,1-5H3,(H,26,28). The van der Waals surface area contributed by atoms with Crippen molar-refractivity contribution >= 4 is 12.1 Å². The molecule has 0 heterocycles. The SMILES string of the molecule is CC(C)(CCCOCC(O)(C(=O)OCc1ccccc1)C(F)(F)F)NC(=O)OC(C)(C)C. The molecule has 2 N–H and O–H groups in total. The molecule has 0 aliphatic rings. The monoisotopic (exact) mass is 463 g/mol. The van der Waals surface area contributed by atoms with Gasteiger partial charge in [0, 0.05) is 12.1 Å². The first kappa shape index (κ1) is 27.7. The predicted octanol–water partition coefficient (Wildman–Crippen LogP) is 4.12. The number of aliphatic hydroxyl groups is 1. The molecule has 7 nitrogen and oxygen atoms in total. The fourth-order valence-electron chi connectivity index (χ4n) is 2.58. The topological polar surface area (TPSA) is 94.1 Å². The van der Waals surface area contributed by atoms with Crippen molar-refractivity contribution in [2.45, 2.75) is 77.0 Å². The lowest BCUT2D eigenvalue weighted by molar-refractivity contribution is -0.275. The van der Waals surface area contributed by atoms with Crippen molar-refractivity contribution in [3.63, 3.8) is 0 Å². The summed E-state index contributed by atoms with van der Waals surface area (Å²) in [5.74, 6) is -1.83. The van der Waals surface area contributed by atoms with Gasteiger partial charge in [-0.1, -0.05) is 30.3 Å². The van der Waals surface area contributed by atoms with Crippen LogP contribution < -0.4 is 5.32 Å². The molecule has 0 saturated carbocycles. The molecule has 1 aromatic carbocycles. The fourth-order valence-corrected chi connectivity index (χ4v) is 2.58. The quantitative estimate of drug-likeness (QED) is 0.400. The highest BCUT2D eigenvalue weighted by atomic mass is 19.4. The van der Waals surface area contributed by atoms with E-state index in [9.17, 15) is 27.9 Å². The van der Waals surface area contributed by atoms with E-state index in [0.29, 0.717) is 12.0 Å². The first-order valence-corrected chi connectivity index (χ1v) is 10.1. The van der Waals surface area contributed by atoms with Crippen LogP contribution in [0.1, 0.15) is 53.0 Å². The van der Waals surface area contributed by atoms with Gasteiger partial charge in [-0.2, -0.15) is 13.2 Å². The summed E-state index contributed by atoms with van der Waals surface area (Å²) >= 11 is 0. The van der Waals surface area contributed by atoms with E-state index in [2.05, 4.69) is 10.1 Å². The van der Waals surface area contributed by atoms with Crippen LogP contribution in [0.5, 0.6) is 0 Å². The van der Waals surface area contributed by atoms with E-state index in [1.807, 2.05) is 0 Å². The van der Waals surface area contributed by atoms with Gasteiger partial charge in [-0.25, -0.2) is 9.59 Å². The zero-order chi connectivity index (χ0) is 24.6. The molecule has 0 radical (unpaired) electrons. The molecule has 182 valence electrons. The maximum atomic E-state index is 13.4. The van der Waals surface area contributed by atoms with Crippen molar-refractivity contribution in [2.24, 2.45) is 0 Å². The number of ether oxygens (including phenoxy) is 3. The molecule has 0 saturated heterocycles. The highest BCUT2D eigenvalue weighted by Gasteiger charge is 2.61. The van der Waals surface area contributed by atoms with E-state index in [-0.39, 0.29) is 13.0 Å². The lowest BCUT2D eigenvalue weighted by Gasteiger charge is -2.29. The average molecular weight is 463 g/mol. The van der Waals surface area contributed by atoms with Gasteiger partial charge in [0.05, 0.1) is 6.61 Å². The Morgan fingerprint density at radius 1 is 1.03 bits per heavy atom. The summed E-state index contributed by atoms with van der Waals surface area (Å²) in [6.07, 6.45) is -5.28.